The summed E-state index contributed by atoms with van der Waals surface area (Å²) in [6, 6.07) is 1.43. The lowest BCUT2D eigenvalue weighted by Crippen LogP contribution is -2.84. The van der Waals surface area contributed by atoms with Crippen LogP contribution in [0.5, 0.6) is 0 Å². The Labute approximate surface area is 112 Å². The van der Waals surface area contributed by atoms with E-state index in [0.717, 1.165) is 6.67 Å². The van der Waals surface area contributed by atoms with Crippen LogP contribution in [0.15, 0.2) is 0 Å². The standard InChI is InChI=1S/C13H26N2O2Si/c1-16-18(17-2)14(12-7-3-4-8-12)11-15(18)13-9-5-6-10-13/h12-13H,3-11H2,1-2H3. The second-order valence-electron chi connectivity index (χ2n) is 5.91. The lowest BCUT2D eigenvalue weighted by Gasteiger charge is -2.58. The summed E-state index contributed by atoms with van der Waals surface area (Å²) in [6.07, 6.45) is 10.8. The SMILES string of the molecule is CO[Si]1(OC)N(C2CCCC2)CN1C1CCCC1. The van der Waals surface area contributed by atoms with Gasteiger partial charge in [-0.15, -0.1) is 0 Å². The van der Waals surface area contributed by atoms with E-state index in [1.165, 1.54) is 51.4 Å². The lowest BCUT2D eigenvalue weighted by molar-refractivity contribution is -0.0365. The van der Waals surface area contributed by atoms with Gasteiger partial charge in [-0.25, -0.2) is 0 Å². The molecule has 0 aromatic rings. The van der Waals surface area contributed by atoms with E-state index in [1.54, 1.807) is 0 Å². The van der Waals surface area contributed by atoms with Crippen LogP contribution in [-0.4, -0.2) is 51.0 Å². The van der Waals surface area contributed by atoms with Crippen molar-refractivity contribution in [3.05, 3.63) is 0 Å². The highest BCUT2D eigenvalue weighted by molar-refractivity contribution is 6.64. The third kappa shape index (κ3) is 1.88. The predicted molar refractivity (Wildman–Crippen MR) is 72.8 cm³/mol. The van der Waals surface area contributed by atoms with Gasteiger partial charge in [0, 0.05) is 33.0 Å². The molecule has 3 aliphatic rings. The van der Waals surface area contributed by atoms with Gasteiger partial charge in [-0.2, -0.15) is 0 Å². The van der Waals surface area contributed by atoms with E-state index in [1.807, 2.05) is 14.2 Å². The van der Waals surface area contributed by atoms with Gasteiger partial charge in [-0.05, 0) is 25.7 Å². The maximum atomic E-state index is 5.94. The van der Waals surface area contributed by atoms with Crippen LogP contribution >= 0.6 is 0 Å². The summed E-state index contributed by atoms with van der Waals surface area (Å²) in [6.45, 7) is 1.09. The summed E-state index contributed by atoms with van der Waals surface area (Å²) in [7, 11) is 1.48. The average Bonchev–Trinajstić information content (AvgIpc) is 3.02. The Morgan fingerprint density at radius 2 is 1.17 bits per heavy atom. The summed E-state index contributed by atoms with van der Waals surface area (Å²) in [4.78, 5) is 0. The topological polar surface area (TPSA) is 24.9 Å². The van der Waals surface area contributed by atoms with Crippen molar-refractivity contribution in [1.29, 1.82) is 0 Å². The first kappa shape index (κ1) is 13.1. The second-order valence-corrected chi connectivity index (χ2v) is 8.98. The average molecular weight is 270 g/mol. The summed E-state index contributed by atoms with van der Waals surface area (Å²) < 4.78 is 17.0. The van der Waals surface area contributed by atoms with E-state index in [0.29, 0.717) is 12.1 Å². The fraction of sp³-hybridized carbons (Fsp3) is 1.00. The molecule has 2 saturated carbocycles. The van der Waals surface area contributed by atoms with E-state index in [4.69, 9.17) is 8.85 Å². The first-order valence-electron chi connectivity index (χ1n) is 7.45. The molecule has 3 fully saturated rings. The maximum Gasteiger partial charge on any atom is 0.524 e. The predicted octanol–water partition coefficient (Wildman–Crippen LogP) is 2.18. The molecule has 0 spiro atoms. The molecular formula is C13H26N2O2Si. The van der Waals surface area contributed by atoms with Gasteiger partial charge in [0.2, 0.25) is 0 Å². The maximum absolute atomic E-state index is 5.94. The number of hydrogen-bond donors (Lipinski definition) is 0. The third-order valence-electron chi connectivity index (χ3n) is 5.09. The summed E-state index contributed by atoms with van der Waals surface area (Å²) >= 11 is 0. The quantitative estimate of drug-likeness (QED) is 0.731. The number of hydrogen-bond acceptors (Lipinski definition) is 4. The minimum absolute atomic E-state index is 0.717. The Hall–Kier alpha value is 0.0569. The highest BCUT2D eigenvalue weighted by Gasteiger charge is 2.63. The van der Waals surface area contributed by atoms with Crippen molar-refractivity contribution in [2.75, 3.05) is 20.9 Å². The van der Waals surface area contributed by atoms with Gasteiger partial charge < -0.3 is 8.85 Å². The van der Waals surface area contributed by atoms with Crippen LogP contribution in [0.2, 0.25) is 0 Å². The monoisotopic (exact) mass is 270 g/mol. The molecule has 0 atom stereocenters. The zero-order valence-corrected chi connectivity index (χ0v) is 12.7. The minimum Gasteiger partial charge on any atom is -0.374 e. The lowest BCUT2D eigenvalue weighted by atomic mass is 10.2. The Morgan fingerprint density at radius 3 is 1.50 bits per heavy atom. The molecule has 0 radical (unpaired) electrons. The van der Waals surface area contributed by atoms with E-state index < -0.39 is 8.88 Å². The third-order valence-corrected chi connectivity index (χ3v) is 8.62. The molecule has 0 bridgehead atoms. The zero-order valence-electron chi connectivity index (χ0n) is 11.7. The van der Waals surface area contributed by atoms with Crippen molar-refractivity contribution >= 4 is 8.88 Å². The molecule has 1 heterocycles. The van der Waals surface area contributed by atoms with Gasteiger partial charge in [0.25, 0.3) is 0 Å². The van der Waals surface area contributed by atoms with Gasteiger partial charge in [-0.1, -0.05) is 25.7 Å². The zero-order chi connectivity index (χ0) is 12.6. The molecule has 3 rings (SSSR count). The molecule has 0 aromatic heterocycles. The van der Waals surface area contributed by atoms with Crippen LogP contribution in [-0.2, 0) is 8.85 Å². The van der Waals surface area contributed by atoms with Crippen LogP contribution in [0.4, 0.5) is 0 Å². The molecule has 1 aliphatic heterocycles. The second kappa shape index (κ2) is 5.21. The van der Waals surface area contributed by atoms with Crippen molar-refractivity contribution in [2.24, 2.45) is 0 Å². The minimum atomic E-state index is -2.21. The first-order chi connectivity index (χ1) is 8.81. The van der Waals surface area contributed by atoms with Crippen molar-refractivity contribution in [2.45, 2.75) is 63.5 Å². The van der Waals surface area contributed by atoms with Gasteiger partial charge in [-0.3, -0.25) is 9.13 Å². The highest BCUT2D eigenvalue weighted by atomic mass is 28.4. The van der Waals surface area contributed by atoms with E-state index in [9.17, 15) is 0 Å². The molecule has 0 aromatic carbocycles. The van der Waals surface area contributed by atoms with E-state index >= 15 is 0 Å². The van der Waals surface area contributed by atoms with Gasteiger partial charge in [0.1, 0.15) is 0 Å². The fourth-order valence-electron chi connectivity index (χ4n) is 4.11. The van der Waals surface area contributed by atoms with Crippen LogP contribution in [0, 0.1) is 0 Å². The normalized spacial score (nSPS) is 31.0. The smallest absolute Gasteiger partial charge is 0.374 e. The van der Waals surface area contributed by atoms with Crippen molar-refractivity contribution in [1.82, 2.24) is 9.13 Å². The fourth-order valence-corrected chi connectivity index (χ4v) is 7.42. The first-order valence-corrected chi connectivity index (χ1v) is 9.16. The Morgan fingerprint density at radius 1 is 0.778 bits per heavy atom. The number of nitrogens with zero attached hydrogens (tertiary/aromatic N) is 2. The molecule has 18 heavy (non-hydrogen) atoms. The van der Waals surface area contributed by atoms with Gasteiger partial charge in [0.15, 0.2) is 0 Å². The van der Waals surface area contributed by atoms with Gasteiger partial charge >= 0.3 is 8.88 Å². The summed E-state index contributed by atoms with van der Waals surface area (Å²) in [5.74, 6) is 0. The highest BCUT2D eigenvalue weighted by Crippen LogP contribution is 2.40. The van der Waals surface area contributed by atoms with Crippen LogP contribution in [0.1, 0.15) is 51.4 Å². The van der Waals surface area contributed by atoms with Gasteiger partial charge in [0.05, 0.1) is 0 Å². The Balaban J connectivity index is 1.73. The van der Waals surface area contributed by atoms with Crippen molar-refractivity contribution in [3.63, 3.8) is 0 Å². The molecule has 0 unspecified atom stereocenters. The molecule has 104 valence electrons. The summed E-state index contributed by atoms with van der Waals surface area (Å²) in [5, 5.41) is 0. The van der Waals surface area contributed by atoms with Crippen LogP contribution in [0.3, 0.4) is 0 Å². The Kier molecular flexibility index (Phi) is 3.78. The molecule has 4 nitrogen and oxygen atoms in total. The van der Waals surface area contributed by atoms with Crippen LogP contribution < -0.4 is 0 Å². The number of rotatable bonds is 4. The molecular weight excluding hydrogens is 244 g/mol. The van der Waals surface area contributed by atoms with Crippen molar-refractivity contribution < 1.29 is 8.85 Å². The molecule has 1 saturated heterocycles. The largest absolute Gasteiger partial charge is 0.524 e. The van der Waals surface area contributed by atoms with Crippen LogP contribution in [0.25, 0.3) is 0 Å². The van der Waals surface area contributed by atoms with Crippen molar-refractivity contribution in [3.8, 4) is 0 Å². The van der Waals surface area contributed by atoms with E-state index in [2.05, 4.69) is 9.13 Å². The summed E-state index contributed by atoms with van der Waals surface area (Å²) in [5.41, 5.74) is 0. The Bertz CT molecular complexity index is 263. The molecule has 5 heteroatoms. The molecule has 0 N–H and O–H groups in total. The van der Waals surface area contributed by atoms with E-state index in [-0.39, 0.29) is 0 Å². The molecule has 0 amide bonds. The molecule has 2 aliphatic carbocycles.